The number of imidazole rings is 1. The Kier molecular flexibility index (Phi) is 4.43. The summed E-state index contributed by atoms with van der Waals surface area (Å²) in [5, 5.41) is 6.29. The molecule has 0 radical (unpaired) electrons. The van der Waals surface area contributed by atoms with Gasteiger partial charge in [0, 0.05) is 12.2 Å². The number of nitrogens with one attached hydrogen (secondary N) is 2. The van der Waals surface area contributed by atoms with Crippen LogP contribution in [-0.4, -0.2) is 28.0 Å². The molecule has 1 saturated heterocycles. The van der Waals surface area contributed by atoms with Crippen LogP contribution in [0.1, 0.15) is 38.4 Å². The zero-order valence-electron chi connectivity index (χ0n) is 13.4. The van der Waals surface area contributed by atoms with E-state index < -0.39 is 0 Å². The van der Waals surface area contributed by atoms with Crippen molar-refractivity contribution >= 4 is 22.6 Å². The van der Waals surface area contributed by atoms with E-state index in [-0.39, 0.29) is 11.9 Å². The molecule has 1 amide bonds. The van der Waals surface area contributed by atoms with Gasteiger partial charge in [-0.05, 0) is 50.9 Å². The van der Waals surface area contributed by atoms with Crippen molar-refractivity contribution in [2.24, 2.45) is 0 Å². The molecule has 1 fully saturated rings. The molecule has 1 aromatic heterocycles. The van der Waals surface area contributed by atoms with Gasteiger partial charge in [-0.15, -0.1) is 0 Å². The molecule has 22 heavy (non-hydrogen) atoms. The maximum atomic E-state index is 12.3. The number of piperidine rings is 1. The Labute approximate surface area is 131 Å². The summed E-state index contributed by atoms with van der Waals surface area (Å²) < 4.78 is 2.23. The number of carbonyl (C=O) groups is 1. The number of carbonyl (C=O) groups excluding carboxylic acids is 1. The molecule has 0 aliphatic carbocycles. The van der Waals surface area contributed by atoms with E-state index in [0.29, 0.717) is 0 Å². The summed E-state index contributed by atoms with van der Waals surface area (Å²) in [6.07, 6.45) is 4.27. The molecule has 5 nitrogen and oxygen atoms in total. The lowest BCUT2D eigenvalue weighted by Gasteiger charge is -2.22. The summed E-state index contributed by atoms with van der Waals surface area (Å²) in [7, 11) is 0. The molecule has 1 atom stereocenters. The first kappa shape index (κ1) is 15.0. The number of rotatable bonds is 4. The fraction of sp³-hybridized carbons (Fsp3) is 0.529. The Morgan fingerprint density at radius 2 is 2.32 bits per heavy atom. The maximum absolute atomic E-state index is 12.3. The minimum atomic E-state index is -0.0659. The summed E-state index contributed by atoms with van der Waals surface area (Å²) in [5.74, 6) is 1.08. The average Bonchev–Trinajstić information content (AvgIpc) is 2.84. The van der Waals surface area contributed by atoms with Gasteiger partial charge >= 0.3 is 0 Å². The van der Waals surface area contributed by atoms with Gasteiger partial charge in [-0.3, -0.25) is 4.79 Å². The lowest BCUT2D eigenvalue weighted by atomic mass is 10.0. The normalized spacial score (nSPS) is 18.5. The van der Waals surface area contributed by atoms with Crippen LogP contribution in [0.2, 0.25) is 0 Å². The van der Waals surface area contributed by atoms with Gasteiger partial charge in [-0.2, -0.15) is 0 Å². The Bertz CT molecular complexity index is 671. The number of hydrogen-bond acceptors (Lipinski definition) is 3. The molecule has 2 heterocycles. The van der Waals surface area contributed by atoms with Crippen molar-refractivity contribution in [1.82, 2.24) is 14.9 Å². The second-order valence-corrected chi connectivity index (χ2v) is 6.01. The Hall–Kier alpha value is -1.88. The number of hydrogen-bond donors (Lipinski definition) is 2. The van der Waals surface area contributed by atoms with E-state index in [1.165, 1.54) is 0 Å². The molecule has 1 aliphatic rings. The second-order valence-electron chi connectivity index (χ2n) is 6.01. The molecule has 0 spiro atoms. The van der Waals surface area contributed by atoms with E-state index in [9.17, 15) is 4.79 Å². The van der Waals surface area contributed by atoms with Gasteiger partial charge in [0.2, 0.25) is 5.91 Å². The minimum Gasteiger partial charge on any atom is -0.328 e. The number of anilines is 1. The topological polar surface area (TPSA) is 59.0 Å². The third-order valence-electron chi connectivity index (χ3n) is 4.28. The third-order valence-corrected chi connectivity index (χ3v) is 4.28. The highest BCUT2D eigenvalue weighted by atomic mass is 16.2. The Morgan fingerprint density at radius 1 is 1.45 bits per heavy atom. The first-order chi connectivity index (χ1) is 10.7. The monoisotopic (exact) mass is 300 g/mol. The van der Waals surface area contributed by atoms with Crippen LogP contribution in [0.4, 0.5) is 5.69 Å². The largest absolute Gasteiger partial charge is 0.328 e. The SMILES string of the molecule is CCCn1c(C)nc2cc(NC(=O)[C@@H]3CCCCN3)ccc21. The number of aromatic nitrogens is 2. The molecule has 5 heteroatoms. The molecule has 1 aromatic carbocycles. The molecule has 0 unspecified atom stereocenters. The van der Waals surface area contributed by atoms with Crippen LogP contribution in [0.3, 0.4) is 0 Å². The number of aryl methyl sites for hydroxylation is 2. The van der Waals surface area contributed by atoms with Crippen molar-refractivity contribution in [2.75, 3.05) is 11.9 Å². The van der Waals surface area contributed by atoms with Crippen molar-refractivity contribution in [1.29, 1.82) is 0 Å². The Balaban J connectivity index is 1.78. The van der Waals surface area contributed by atoms with Crippen LogP contribution in [-0.2, 0) is 11.3 Å². The molecule has 1 aliphatic heterocycles. The second kappa shape index (κ2) is 6.48. The predicted molar refractivity (Wildman–Crippen MR) is 89.0 cm³/mol. The fourth-order valence-corrected chi connectivity index (χ4v) is 3.14. The highest BCUT2D eigenvalue weighted by Gasteiger charge is 2.20. The number of amides is 1. The van der Waals surface area contributed by atoms with E-state index in [2.05, 4.69) is 33.2 Å². The van der Waals surface area contributed by atoms with Gasteiger partial charge in [-0.1, -0.05) is 13.3 Å². The van der Waals surface area contributed by atoms with Crippen LogP contribution >= 0.6 is 0 Å². The zero-order chi connectivity index (χ0) is 15.5. The summed E-state index contributed by atoms with van der Waals surface area (Å²) in [4.78, 5) is 16.9. The Morgan fingerprint density at radius 3 is 3.05 bits per heavy atom. The molecule has 2 N–H and O–H groups in total. The van der Waals surface area contributed by atoms with Gasteiger partial charge in [0.15, 0.2) is 0 Å². The molecule has 3 rings (SSSR count). The van der Waals surface area contributed by atoms with E-state index in [4.69, 9.17) is 0 Å². The van der Waals surface area contributed by atoms with E-state index in [1.54, 1.807) is 0 Å². The summed E-state index contributed by atoms with van der Waals surface area (Å²) in [6.45, 7) is 6.09. The maximum Gasteiger partial charge on any atom is 0.241 e. The predicted octanol–water partition coefficient (Wildman–Crippen LogP) is 2.84. The summed E-state index contributed by atoms with van der Waals surface area (Å²) >= 11 is 0. The van der Waals surface area contributed by atoms with Crippen LogP contribution in [0.15, 0.2) is 18.2 Å². The summed E-state index contributed by atoms with van der Waals surface area (Å²) in [5.41, 5.74) is 2.90. The van der Waals surface area contributed by atoms with Gasteiger partial charge in [0.25, 0.3) is 0 Å². The fourth-order valence-electron chi connectivity index (χ4n) is 3.14. The lowest BCUT2D eigenvalue weighted by Crippen LogP contribution is -2.43. The molecule has 2 aromatic rings. The highest BCUT2D eigenvalue weighted by molar-refractivity contribution is 5.96. The van der Waals surface area contributed by atoms with Crippen molar-refractivity contribution in [3.05, 3.63) is 24.0 Å². The standard InChI is InChI=1S/C17H24N4O/c1-3-10-21-12(2)19-15-11-13(7-8-16(15)21)20-17(22)14-6-4-5-9-18-14/h7-8,11,14,18H,3-6,9-10H2,1-2H3,(H,20,22)/t14-/m0/s1. The zero-order valence-corrected chi connectivity index (χ0v) is 13.4. The van der Waals surface area contributed by atoms with Crippen molar-refractivity contribution < 1.29 is 4.79 Å². The molecule has 0 saturated carbocycles. The molecule has 118 valence electrons. The average molecular weight is 300 g/mol. The first-order valence-corrected chi connectivity index (χ1v) is 8.20. The number of fused-ring (bicyclic) bond motifs is 1. The third kappa shape index (κ3) is 2.99. The quantitative estimate of drug-likeness (QED) is 0.913. The lowest BCUT2D eigenvalue weighted by molar-refractivity contribution is -0.118. The molecular weight excluding hydrogens is 276 g/mol. The summed E-state index contributed by atoms with van der Waals surface area (Å²) in [6, 6.07) is 5.92. The van der Waals surface area contributed by atoms with Crippen LogP contribution < -0.4 is 10.6 Å². The van der Waals surface area contributed by atoms with Crippen LogP contribution in [0, 0.1) is 6.92 Å². The van der Waals surface area contributed by atoms with Gasteiger partial charge in [-0.25, -0.2) is 4.98 Å². The van der Waals surface area contributed by atoms with E-state index in [1.807, 2.05) is 19.1 Å². The number of benzene rings is 1. The number of nitrogens with zero attached hydrogens (tertiary/aromatic N) is 2. The van der Waals surface area contributed by atoms with Gasteiger partial charge < -0.3 is 15.2 Å². The van der Waals surface area contributed by atoms with Crippen LogP contribution in [0.5, 0.6) is 0 Å². The van der Waals surface area contributed by atoms with Crippen molar-refractivity contribution in [3.8, 4) is 0 Å². The van der Waals surface area contributed by atoms with Crippen molar-refractivity contribution in [3.63, 3.8) is 0 Å². The molecule has 0 bridgehead atoms. The van der Waals surface area contributed by atoms with Crippen LogP contribution in [0.25, 0.3) is 11.0 Å². The van der Waals surface area contributed by atoms with Gasteiger partial charge in [0.1, 0.15) is 5.82 Å². The first-order valence-electron chi connectivity index (χ1n) is 8.20. The van der Waals surface area contributed by atoms with E-state index in [0.717, 1.165) is 61.3 Å². The van der Waals surface area contributed by atoms with E-state index >= 15 is 0 Å². The van der Waals surface area contributed by atoms with Gasteiger partial charge in [0.05, 0.1) is 17.1 Å². The van der Waals surface area contributed by atoms with Crippen molar-refractivity contribution in [2.45, 2.75) is 52.1 Å². The molecular formula is C17H24N4O. The minimum absolute atomic E-state index is 0.0590. The smallest absolute Gasteiger partial charge is 0.241 e. The highest BCUT2D eigenvalue weighted by Crippen LogP contribution is 2.21.